The molecule has 31 heavy (non-hydrogen) atoms. The Morgan fingerprint density at radius 2 is 2.10 bits per heavy atom. The van der Waals surface area contributed by atoms with Gasteiger partial charge in [0.2, 0.25) is 0 Å². The number of aromatic nitrogens is 4. The van der Waals surface area contributed by atoms with Gasteiger partial charge in [0.15, 0.2) is 10.8 Å². The van der Waals surface area contributed by atoms with Crippen LogP contribution in [0.15, 0.2) is 30.7 Å². The molecule has 1 fully saturated rings. The topological polar surface area (TPSA) is 73.3 Å². The number of thiazole rings is 1. The molecule has 0 aromatic carbocycles. The molecule has 5 heterocycles. The number of nitriles is 1. The van der Waals surface area contributed by atoms with Crippen LogP contribution in [-0.4, -0.2) is 57.0 Å². The fourth-order valence-electron chi connectivity index (χ4n) is 4.34. The molecule has 7 nitrogen and oxygen atoms in total. The second-order valence-electron chi connectivity index (χ2n) is 8.52. The molecule has 0 aliphatic carbocycles. The van der Waals surface area contributed by atoms with E-state index < -0.39 is 0 Å². The van der Waals surface area contributed by atoms with Gasteiger partial charge in [0.25, 0.3) is 0 Å². The quantitative estimate of drug-likeness (QED) is 0.486. The van der Waals surface area contributed by atoms with Crippen LogP contribution >= 0.6 is 11.3 Å². The van der Waals surface area contributed by atoms with E-state index in [9.17, 15) is 5.26 Å². The Hall–Kier alpha value is -3.02. The van der Waals surface area contributed by atoms with Gasteiger partial charge in [-0.25, -0.2) is 9.97 Å². The molecule has 4 aromatic rings. The highest BCUT2D eigenvalue weighted by molar-refractivity contribution is 7.22. The third kappa shape index (κ3) is 3.54. The van der Waals surface area contributed by atoms with Crippen molar-refractivity contribution in [3.05, 3.63) is 42.0 Å². The first-order valence-corrected chi connectivity index (χ1v) is 11.3. The van der Waals surface area contributed by atoms with Crippen molar-refractivity contribution in [2.45, 2.75) is 38.8 Å². The monoisotopic (exact) mass is 431 g/mol. The van der Waals surface area contributed by atoms with Crippen LogP contribution in [0.3, 0.4) is 0 Å². The summed E-state index contributed by atoms with van der Waals surface area (Å²) >= 11 is 1.70. The van der Waals surface area contributed by atoms with Crippen molar-refractivity contribution in [2.24, 2.45) is 0 Å². The molecule has 1 aliphatic rings. The van der Waals surface area contributed by atoms with E-state index >= 15 is 0 Å². The van der Waals surface area contributed by atoms with Crippen LogP contribution in [0.2, 0.25) is 0 Å². The van der Waals surface area contributed by atoms with E-state index in [0.717, 1.165) is 51.7 Å². The fraction of sp³-hybridized carbons (Fsp3) is 0.391. The number of likely N-dealkylation sites (tertiary alicyclic amines) is 1. The predicted octanol–water partition coefficient (Wildman–Crippen LogP) is 4.11. The van der Waals surface area contributed by atoms with Gasteiger partial charge in [-0.1, -0.05) is 11.3 Å². The molecule has 0 spiro atoms. The Balaban J connectivity index is 1.49. The van der Waals surface area contributed by atoms with E-state index in [1.54, 1.807) is 11.3 Å². The maximum absolute atomic E-state index is 9.57. The number of hydrogen-bond acceptors (Lipinski definition) is 7. The highest BCUT2D eigenvalue weighted by Gasteiger charge is 2.27. The van der Waals surface area contributed by atoms with E-state index in [2.05, 4.69) is 52.9 Å². The van der Waals surface area contributed by atoms with Gasteiger partial charge in [-0.15, -0.1) is 0 Å². The van der Waals surface area contributed by atoms with Gasteiger partial charge in [0.05, 0.1) is 27.8 Å². The average molecular weight is 432 g/mol. The van der Waals surface area contributed by atoms with E-state index in [0.29, 0.717) is 23.3 Å². The number of hydrogen-bond donors (Lipinski definition) is 0. The number of fused-ring (bicyclic) bond motifs is 2. The summed E-state index contributed by atoms with van der Waals surface area (Å²) < 4.78 is 3.01. The molecule has 1 aliphatic heterocycles. The third-order valence-electron chi connectivity index (χ3n) is 6.38. The van der Waals surface area contributed by atoms with Gasteiger partial charge in [-0.3, -0.25) is 4.98 Å². The zero-order valence-electron chi connectivity index (χ0n) is 18.2. The normalized spacial score (nSPS) is 19.7. The van der Waals surface area contributed by atoms with Gasteiger partial charge in [0, 0.05) is 43.6 Å². The van der Waals surface area contributed by atoms with Crippen molar-refractivity contribution >= 4 is 32.3 Å². The molecular formula is C23H25N7S. The molecule has 5 rings (SSSR count). The molecule has 4 aromatic heterocycles. The van der Waals surface area contributed by atoms with Gasteiger partial charge >= 0.3 is 0 Å². The Morgan fingerprint density at radius 1 is 1.26 bits per heavy atom. The molecule has 0 saturated carbocycles. The number of rotatable bonds is 3. The second-order valence-corrected chi connectivity index (χ2v) is 9.53. The zero-order valence-corrected chi connectivity index (χ0v) is 19.0. The summed E-state index contributed by atoms with van der Waals surface area (Å²) in [7, 11) is 4.36. The summed E-state index contributed by atoms with van der Waals surface area (Å²) in [6.45, 7) is 5.34. The number of piperidine rings is 1. The second kappa shape index (κ2) is 7.59. The van der Waals surface area contributed by atoms with Crippen LogP contribution < -0.4 is 4.90 Å². The third-order valence-corrected chi connectivity index (χ3v) is 7.49. The van der Waals surface area contributed by atoms with Crippen molar-refractivity contribution in [3.8, 4) is 17.3 Å². The van der Waals surface area contributed by atoms with Gasteiger partial charge < -0.3 is 14.2 Å². The summed E-state index contributed by atoms with van der Waals surface area (Å²) in [6, 6.07) is 7.29. The van der Waals surface area contributed by atoms with Gasteiger partial charge in [0.1, 0.15) is 11.6 Å². The number of nitrogens with zero attached hydrogens (tertiary/aromatic N) is 7. The smallest absolute Gasteiger partial charge is 0.186 e. The zero-order chi connectivity index (χ0) is 21.7. The Kier molecular flexibility index (Phi) is 4.88. The predicted molar refractivity (Wildman–Crippen MR) is 125 cm³/mol. The van der Waals surface area contributed by atoms with Crippen LogP contribution in [-0.2, 0) is 0 Å². The lowest BCUT2D eigenvalue weighted by Crippen LogP contribution is -2.46. The Labute approximate surface area is 185 Å². The molecule has 2 atom stereocenters. The highest BCUT2D eigenvalue weighted by atomic mass is 32.1. The molecule has 2 unspecified atom stereocenters. The summed E-state index contributed by atoms with van der Waals surface area (Å²) in [5, 5.41) is 10.6. The Bertz CT molecular complexity index is 1310. The van der Waals surface area contributed by atoms with Crippen LogP contribution in [0, 0.1) is 18.3 Å². The summed E-state index contributed by atoms with van der Waals surface area (Å²) in [4.78, 5) is 18.7. The van der Waals surface area contributed by atoms with Crippen LogP contribution in [0.1, 0.15) is 31.0 Å². The van der Waals surface area contributed by atoms with Gasteiger partial charge in [-0.2, -0.15) is 5.26 Å². The SMILES string of the molecule is Cc1cn2cc(-c3cc4sc(N(C)C5CCN(C)C(C)C5)nc4cn3)cc(C#N)c2n1. The largest absolute Gasteiger partial charge is 0.348 e. The van der Waals surface area contributed by atoms with E-state index in [-0.39, 0.29) is 0 Å². The number of anilines is 1. The van der Waals surface area contributed by atoms with E-state index in [4.69, 9.17) is 4.98 Å². The minimum atomic E-state index is 0.504. The van der Waals surface area contributed by atoms with Crippen LogP contribution in [0.4, 0.5) is 5.13 Å². The summed E-state index contributed by atoms with van der Waals surface area (Å²) in [5.74, 6) is 0. The molecule has 1 saturated heterocycles. The van der Waals surface area contributed by atoms with Crippen molar-refractivity contribution in [1.82, 2.24) is 24.3 Å². The van der Waals surface area contributed by atoms with Gasteiger partial charge in [-0.05, 0) is 45.9 Å². The standard InChI is InChI=1S/C23H25N7S/c1-14-12-30-13-17(8-16(10-24)22(30)26-14)19-9-21-20(11-25-19)27-23(31-21)29(4)18-5-6-28(3)15(2)7-18/h8-9,11-13,15,18H,5-7H2,1-4H3. The molecule has 0 radical (unpaired) electrons. The first-order chi connectivity index (χ1) is 14.9. The van der Waals surface area contributed by atoms with Crippen molar-refractivity contribution < 1.29 is 0 Å². The molecule has 0 N–H and O–H groups in total. The Morgan fingerprint density at radius 3 is 2.87 bits per heavy atom. The molecule has 0 amide bonds. The van der Waals surface area contributed by atoms with Crippen LogP contribution in [0.5, 0.6) is 0 Å². The first-order valence-electron chi connectivity index (χ1n) is 10.5. The average Bonchev–Trinajstić information content (AvgIpc) is 3.36. The minimum Gasteiger partial charge on any atom is -0.348 e. The van der Waals surface area contributed by atoms with Crippen molar-refractivity contribution in [1.29, 1.82) is 5.26 Å². The maximum atomic E-state index is 9.57. The van der Waals surface area contributed by atoms with Crippen molar-refractivity contribution in [3.63, 3.8) is 0 Å². The molecule has 0 bridgehead atoms. The number of imidazole rings is 1. The summed E-state index contributed by atoms with van der Waals surface area (Å²) in [6.07, 6.45) is 8.05. The fourth-order valence-corrected chi connectivity index (χ4v) is 5.35. The van der Waals surface area contributed by atoms with Crippen molar-refractivity contribution in [2.75, 3.05) is 25.5 Å². The number of aryl methyl sites for hydroxylation is 1. The lowest BCUT2D eigenvalue weighted by atomic mass is 9.98. The maximum Gasteiger partial charge on any atom is 0.186 e. The van der Waals surface area contributed by atoms with Crippen LogP contribution in [0.25, 0.3) is 27.1 Å². The summed E-state index contributed by atoms with van der Waals surface area (Å²) in [5.41, 5.74) is 4.76. The molecule has 158 valence electrons. The number of pyridine rings is 2. The molecular weight excluding hydrogens is 406 g/mol. The lowest BCUT2D eigenvalue weighted by Gasteiger charge is -2.39. The van der Waals surface area contributed by atoms with E-state index in [1.165, 1.54) is 0 Å². The van der Waals surface area contributed by atoms with E-state index in [1.807, 2.05) is 36.0 Å². The first kappa shape index (κ1) is 19.9. The lowest BCUT2D eigenvalue weighted by molar-refractivity contribution is 0.181. The highest BCUT2D eigenvalue weighted by Crippen LogP contribution is 2.33. The molecule has 8 heteroatoms. The minimum absolute atomic E-state index is 0.504.